The number of nitrogens with zero attached hydrogens (tertiary/aromatic N) is 3. The molecular weight excluding hydrogens is 230 g/mol. The van der Waals surface area contributed by atoms with Crippen molar-refractivity contribution < 1.29 is 5.11 Å². The van der Waals surface area contributed by atoms with Crippen molar-refractivity contribution in [3.05, 3.63) is 18.1 Å². The minimum atomic E-state index is -0.178. The SMILES string of the molecule is N=C(N)c1cnc(N2C3CCC2CC(O)C3)cn1. The van der Waals surface area contributed by atoms with Crippen LogP contribution in [0.4, 0.5) is 5.82 Å². The van der Waals surface area contributed by atoms with E-state index >= 15 is 0 Å². The standard InChI is InChI=1S/C12H17N5O/c13-12(14)10-5-16-11(6-15-10)17-7-1-2-8(17)4-9(18)3-7/h5-9,18H,1-4H2,(H3,13,14). The molecule has 2 fully saturated rings. The van der Waals surface area contributed by atoms with E-state index < -0.39 is 0 Å². The largest absolute Gasteiger partial charge is 0.393 e. The van der Waals surface area contributed by atoms with Crippen LogP contribution in [-0.2, 0) is 0 Å². The summed E-state index contributed by atoms with van der Waals surface area (Å²) in [5.74, 6) is 0.769. The normalized spacial score (nSPS) is 30.5. The van der Waals surface area contributed by atoms with Gasteiger partial charge in [0.25, 0.3) is 0 Å². The Hall–Kier alpha value is -1.69. The Balaban J connectivity index is 1.85. The lowest BCUT2D eigenvalue weighted by molar-refractivity contribution is 0.126. The number of nitrogens with one attached hydrogen (secondary N) is 1. The lowest BCUT2D eigenvalue weighted by atomic mass is 10.00. The second kappa shape index (κ2) is 4.20. The minimum Gasteiger partial charge on any atom is -0.393 e. The predicted molar refractivity (Wildman–Crippen MR) is 67.6 cm³/mol. The van der Waals surface area contributed by atoms with Gasteiger partial charge in [0.1, 0.15) is 17.3 Å². The maximum atomic E-state index is 9.76. The van der Waals surface area contributed by atoms with Crippen LogP contribution in [0.3, 0.4) is 0 Å². The number of hydrogen-bond acceptors (Lipinski definition) is 5. The molecule has 1 aromatic heterocycles. The smallest absolute Gasteiger partial charge is 0.147 e. The number of piperidine rings is 1. The lowest BCUT2D eigenvalue weighted by Crippen LogP contribution is -2.45. The molecule has 96 valence electrons. The zero-order valence-electron chi connectivity index (χ0n) is 10.1. The molecule has 0 amide bonds. The number of aromatic nitrogens is 2. The topological polar surface area (TPSA) is 99.1 Å². The molecule has 2 saturated heterocycles. The van der Waals surface area contributed by atoms with Crippen LogP contribution in [0.1, 0.15) is 31.4 Å². The van der Waals surface area contributed by atoms with Gasteiger partial charge in [0.2, 0.25) is 0 Å². The Morgan fingerprint density at radius 3 is 2.44 bits per heavy atom. The molecule has 3 rings (SSSR count). The Morgan fingerprint density at radius 2 is 1.94 bits per heavy atom. The molecule has 0 spiro atoms. The highest BCUT2D eigenvalue weighted by Crippen LogP contribution is 2.38. The summed E-state index contributed by atoms with van der Waals surface area (Å²) < 4.78 is 0. The minimum absolute atomic E-state index is 0.0638. The molecule has 18 heavy (non-hydrogen) atoms. The first-order valence-electron chi connectivity index (χ1n) is 6.28. The number of hydrogen-bond donors (Lipinski definition) is 3. The maximum absolute atomic E-state index is 9.76. The first-order chi connectivity index (χ1) is 8.65. The highest BCUT2D eigenvalue weighted by atomic mass is 16.3. The summed E-state index contributed by atoms with van der Waals surface area (Å²) in [5.41, 5.74) is 5.77. The van der Waals surface area contributed by atoms with Gasteiger partial charge in [0, 0.05) is 12.1 Å². The van der Waals surface area contributed by atoms with Crippen molar-refractivity contribution in [2.45, 2.75) is 43.9 Å². The fourth-order valence-corrected chi connectivity index (χ4v) is 3.12. The molecule has 0 aliphatic carbocycles. The van der Waals surface area contributed by atoms with E-state index in [0.29, 0.717) is 17.8 Å². The number of aliphatic hydroxyl groups is 1. The highest BCUT2D eigenvalue weighted by Gasteiger charge is 2.40. The summed E-state index contributed by atoms with van der Waals surface area (Å²) in [6, 6.07) is 0.743. The molecule has 2 aliphatic heterocycles. The first-order valence-corrected chi connectivity index (χ1v) is 6.28. The molecule has 6 nitrogen and oxygen atoms in total. The molecule has 0 aromatic carbocycles. The van der Waals surface area contributed by atoms with Crippen molar-refractivity contribution in [1.82, 2.24) is 9.97 Å². The third kappa shape index (κ3) is 1.82. The Labute approximate surface area is 105 Å². The molecule has 2 bridgehead atoms. The summed E-state index contributed by atoms with van der Waals surface area (Å²) in [7, 11) is 0. The van der Waals surface area contributed by atoms with Gasteiger partial charge in [0.05, 0.1) is 18.5 Å². The second-order valence-corrected chi connectivity index (χ2v) is 5.09. The zero-order chi connectivity index (χ0) is 12.7. The van der Waals surface area contributed by atoms with Crippen LogP contribution in [0, 0.1) is 5.41 Å². The molecule has 2 unspecified atom stereocenters. The quantitative estimate of drug-likeness (QED) is 0.514. The van der Waals surface area contributed by atoms with Crippen molar-refractivity contribution in [3.63, 3.8) is 0 Å². The van der Waals surface area contributed by atoms with Crippen molar-refractivity contribution >= 4 is 11.7 Å². The highest BCUT2D eigenvalue weighted by molar-refractivity contribution is 5.92. The second-order valence-electron chi connectivity index (χ2n) is 5.09. The van der Waals surface area contributed by atoms with Crippen molar-refractivity contribution in [3.8, 4) is 0 Å². The Morgan fingerprint density at radius 1 is 1.28 bits per heavy atom. The monoisotopic (exact) mass is 247 g/mol. The molecule has 2 aliphatic rings. The van der Waals surface area contributed by atoms with Crippen LogP contribution in [-0.4, -0.2) is 39.1 Å². The number of amidine groups is 1. The fourth-order valence-electron chi connectivity index (χ4n) is 3.12. The van der Waals surface area contributed by atoms with E-state index in [4.69, 9.17) is 11.1 Å². The maximum Gasteiger partial charge on any atom is 0.147 e. The van der Waals surface area contributed by atoms with E-state index in [1.807, 2.05) is 0 Å². The molecule has 0 saturated carbocycles. The third-order valence-electron chi connectivity index (χ3n) is 3.89. The van der Waals surface area contributed by atoms with Crippen LogP contribution < -0.4 is 10.6 Å². The van der Waals surface area contributed by atoms with E-state index in [9.17, 15) is 5.11 Å². The van der Waals surface area contributed by atoms with Crippen LogP contribution in [0.15, 0.2) is 12.4 Å². The number of anilines is 1. The van der Waals surface area contributed by atoms with E-state index in [2.05, 4.69) is 14.9 Å². The molecule has 6 heteroatoms. The average molecular weight is 247 g/mol. The van der Waals surface area contributed by atoms with E-state index in [1.54, 1.807) is 12.4 Å². The van der Waals surface area contributed by atoms with Crippen LogP contribution in [0.5, 0.6) is 0 Å². The lowest BCUT2D eigenvalue weighted by Gasteiger charge is -2.37. The van der Waals surface area contributed by atoms with Crippen molar-refractivity contribution in [1.29, 1.82) is 5.41 Å². The van der Waals surface area contributed by atoms with Gasteiger partial charge in [-0.05, 0) is 25.7 Å². The van der Waals surface area contributed by atoms with Gasteiger partial charge in [-0.1, -0.05) is 0 Å². The predicted octanol–water partition coefficient (Wildman–Crippen LogP) is 0.253. The van der Waals surface area contributed by atoms with Gasteiger partial charge in [-0.15, -0.1) is 0 Å². The number of aliphatic hydroxyl groups excluding tert-OH is 1. The number of nitrogens with two attached hydrogens (primary N) is 1. The van der Waals surface area contributed by atoms with E-state index in [-0.39, 0.29) is 11.9 Å². The van der Waals surface area contributed by atoms with Gasteiger partial charge >= 0.3 is 0 Å². The van der Waals surface area contributed by atoms with Gasteiger partial charge in [0.15, 0.2) is 0 Å². The first kappa shape index (κ1) is 11.4. The van der Waals surface area contributed by atoms with Crippen LogP contribution in [0.2, 0.25) is 0 Å². The summed E-state index contributed by atoms with van der Waals surface area (Å²) in [5, 5.41) is 17.1. The van der Waals surface area contributed by atoms with Crippen molar-refractivity contribution in [2.24, 2.45) is 5.73 Å². The van der Waals surface area contributed by atoms with Gasteiger partial charge in [-0.3, -0.25) is 5.41 Å². The van der Waals surface area contributed by atoms with E-state index in [1.165, 1.54) is 0 Å². The Bertz CT molecular complexity index is 446. The van der Waals surface area contributed by atoms with Gasteiger partial charge in [-0.2, -0.15) is 0 Å². The Kier molecular flexibility index (Phi) is 2.66. The van der Waals surface area contributed by atoms with E-state index in [0.717, 1.165) is 31.5 Å². The summed E-state index contributed by atoms with van der Waals surface area (Å²) >= 11 is 0. The molecule has 2 atom stereocenters. The van der Waals surface area contributed by atoms with Crippen molar-refractivity contribution in [2.75, 3.05) is 4.90 Å². The number of rotatable bonds is 2. The van der Waals surface area contributed by atoms with Gasteiger partial charge < -0.3 is 15.7 Å². The molecular formula is C12H17N5O. The number of nitrogen functional groups attached to an aromatic ring is 1. The molecule has 1 aromatic rings. The van der Waals surface area contributed by atoms with Crippen LogP contribution >= 0.6 is 0 Å². The summed E-state index contributed by atoms with van der Waals surface area (Å²) in [4.78, 5) is 10.8. The average Bonchev–Trinajstić information content (AvgIpc) is 2.62. The fraction of sp³-hybridized carbons (Fsp3) is 0.583. The third-order valence-corrected chi connectivity index (χ3v) is 3.89. The van der Waals surface area contributed by atoms with Gasteiger partial charge in [-0.25, -0.2) is 9.97 Å². The summed E-state index contributed by atoms with van der Waals surface area (Å²) in [6.45, 7) is 0. The molecule has 0 radical (unpaired) electrons. The molecule has 3 heterocycles. The molecule has 4 N–H and O–H groups in total. The number of fused-ring (bicyclic) bond motifs is 2. The summed E-state index contributed by atoms with van der Waals surface area (Å²) in [6.07, 6.45) is 6.89. The van der Waals surface area contributed by atoms with Crippen LogP contribution in [0.25, 0.3) is 0 Å². The zero-order valence-corrected chi connectivity index (χ0v) is 10.1.